The van der Waals surface area contributed by atoms with Gasteiger partial charge in [0.1, 0.15) is 5.75 Å². The van der Waals surface area contributed by atoms with Crippen molar-refractivity contribution in [2.75, 3.05) is 19.0 Å². The molecular weight excluding hydrogens is 318 g/mol. The lowest BCUT2D eigenvalue weighted by atomic mass is 10.2. The Morgan fingerprint density at radius 2 is 1.74 bits per heavy atom. The number of nitrogens with zero attached hydrogens (tertiary/aromatic N) is 2. The van der Waals surface area contributed by atoms with Crippen LogP contribution in [0.15, 0.2) is 34.5 Å². The Hall–Kier alpha value is -1.15. The van der Waals surface area contributed by atoms with Crippen LogP contribution < -0.4 is 10.1 Å². The van der Waals surface area contributed by atoms with Crippen LogP contribution >= 0.6 is 0 Å². The molecule has 2 atom stereocenters. The molecule has 0 saturated carbocycles. The van der Waals surface area contributed by atoms with Gasteiger partial charge in [-0.15, -0.1) is 0 Å². The fourth-order valence-corrected chi connectivity index (χ4v) is 6.19. The van der Waals surface area contributed by atoms with Gasteiger partial charge in [0.25, 0.3) is 0 Å². The Morgan fingerprint density at radius 3 is 2.17 bits per heavy atom. The van der Waals surface area contributed by atoms with E-state index in [-0.39, 0.29) is 5.16 Å². The van der Waals surface area contributed by atoms with Gasteiger partial charge in [-0.25, -0.2) is 0 Å². The maximum absolute atomic E-state index is 5.22. The van der Waals surface area contributed by atoms with Crippen molar-refractivity contribution < 1.29 is 4.74 Å². The quantitative estimate of drug-likeness (QED) is 0.748. The van der Waals surface area contributed by atoms with Crippen molar-refractivity contribution >= 4 is 21.8 Å². The van der Waals surface area contributed by atoms with Crippen molar-refractivity contribution in [3.63, 3.8) is 0 Å². The summed E-state index contributed by atoms with van der Waals surface area (Å²) in [6.45, 7) is 15.3. The van der Waals surface area contributed by atoms with Gasteiger partial charge < -0.3 is 10.1 Å². The van der Waals surface area contributed by atoms with Crippen LogP contribution in [0.1, 0.15) is 6.42 Å². The van der Waals surface area contributed by atoms with Gasteiger partial charge in [-0.1, -0.05) is 39.3 Å². The van der Waals surface area contributed by atoms with E-state index in [4.69, 9.17) is 15.0 Å². The molecule has 1 N–H and O–H groups in total. The zero-order chi connectivity index (χ0) is 17.3. The third-order valence-electron chi connectivity index (χ3n) is 4.99. The van der Waals surface area contributed by atoms with Crippen molar-refractivity contribution in [3.05, 3.63) is 24.3 Å². The molecule has 0 aromatic heterocycles. The van der Waals surface area contributed by atoms with Gasteiger partial charge in [0.2, 0.25) is 0 Å². The van der Waals surface area contributed by atoms with Crippen LogP contribution in [0.4, 0.5) is 5.69 Å². The van der Waals surface area contributed by atoms with Gasteiger partial charge in [-0.3, -0.25) is 0 Å². The maximum Gasteiger partial charge on any atom is 0.119 e. The second kappa shape index (κ2) is 6.39. The second-order valence-electron chi connectivity index (χ2n) is 8.67. The summed E-state index contributed by atoms with van der Waals surface area (Å²) < 4.78 is 5.22. The number of anilines is 1. The van der Waals surface area contributed by atoms with Crippen LogP contribution in [0.3, 0.4) is 0 Å². The van der Waals surface area contributed by atoms with Gasteiger partial charge >= 0.3 is 0 Å². The smallest absolute Gasteiger partial charge is 0.119 e. The number of hydrogen-bond acceptors (Lipinski definition) is 4. The van der Waals surface area contributed by atoms with E-state index in [1.165, 1.54) is 0 Å². The molecule has 2 unspecified atom stereocenters. The van der Waals surface area contributed by atoms with Crippen molar-refractivity contribution in [3.8, 4) is 5.75 Å². The minimum absolute atomic E-state index is 0.00211. The fraction of sp³-hybridized carbons (Fsp3) is 0.647. The highest BCUT2D eigenvalue weighted by molar-refractivity contribution is 6.81. The molecule has 128 valence electrons. The van der Waals surface area contributed by atoms with E-state index in [1.807, 2.05) is 12.1 Å². The van der Waals surface area contributed by atoms with E-state index in [1.54, 1.807) is 7.11 Å². The molecule has 0 spiro atoms. The van der Waals surface area contributed by atoms with Crippen molar-refractivity contribution in [1.82, 2.24) is 0 Å². The summed E-state index contributed by atoms with van der Waals surface area (Å²) in [5, 5.41) is 13.2. The molecule has 0 fully saturated rings. The third kappa shape index (κ3) is 4.04. The number of methoxy groups -OCH3 is 1. The summed E-state index contributed by atoms with van der Waals surface area (Å²) in [5.74, 6) is 0.884. The number of nitrogens with one attached hydrogen (secondary N) is 1. The molecule has 1 aromatic carbocycles. The van der Waals surface area contributed by atoms with E-state index in [9.17, 15) is 0 Å². The van der Waals surface area contributed by atoms with Crippen LogP contribution in [0.25, 0.3) is 0 Å². The SMILES string of the molecule is COc1ccc(NCC2([Si](C)(C)C)CC([Si](C)(C)C)N=N2)cc1. The molecule has 2 rings (SSSR count). The van der Waals surface area contributed by atoms with Gasteiger partial charge in [0, 0.05) is 12.2 Å². The van der Waals surface area contributed by atoms with E-state index in [2.05, 4.69) is 56.7 Å². The van der Waals surface area contributed by atoms with Crippen LogP contribution in [0.5, 0.6) is 5.75 Å². The lowest BCUT2D eigenvalue weighted by Gasteiger charge is -2.38. The molecule has 23 heavy (non-hydrogen) atoms. The second-order valence-corrected chi connectivity index (χ2v) is 19.5. The molecule has 4 nitrogen and oxygen atoms in total. The largest absolute Gasteiger partial charge is 0.497 e. The Bertz CT molecular complexity index is 561. The Balaban J connectivity index is 2.13. The van der Waals surface area contributed by atoms with Crippen LogP contribution in [-0.2, 0) is 0 Å². The molecule has 0 bridgehead atoms. The normalized spacial score (nSPS) is 24.7. The average molecular weight is 350 g/mol. The predicted octanol–water partition coefficient (Wildman–Crippen LogP) is 4.83. The number of azo groups is 1. The van der Waals surface area contributed by atoms with E-state index in [0.717, 1.165) is 24.4 Å². The molecule has 0 saturated heterocycles. The number of benzene rings is 1. The minimum Gasteiger partial charge on any atom is -0.497 e. The monoisotopic (exact) mass is 349 g/mol. The molecule has 0 amide bonds. The lowest BCUT2D eigenvalue weighted by Crippen LogP contribution is -2.56. The van der Waals surface area contributed by atoms with E-state index in [0.29, 0.717) is 5.67 Å². The third-order valence-corrected chi connectivity index (χ3v) is 10.6. The van der Waals surface area contributed by atoms with Crippen LogP contribution in [0.2, 0.25) is 39.3 Å². The molecule has 6 heteroatoms. The molecular formula is C17H31N3OSi2. The first-order valence-electron chi connectivity index (χ1n) is 8.37. The summed E-state index contributed by atoms with van der Waals surface area (Å²) in [7, 11) is -1.09. The maximum atomic E-state index is 5.22. The first kappa shape index (κ1) is 18.2. The van der Waals surface area contributed by atoms with Crippen molar-refractivity contribution in [2.24, 2.45) is 10.2 Å². The molecule has 0 radical (unpaired) electrons. The average Bonchev–Trinajstić information content (AvgIpc) is 2.91. The molecule has 1 aliphatic heterocycles. The van der Waals surface area contributed by atoms with Crippen molar-refractivity contribution in [1.29, 1.82) is 0 Å². The molecule has 1 aliphatic rings. The van der Waals surface area contributed by atoms with Crippen LogP contribution in [0, 0.1) is 0 Å². The fourth-order valence-electron chi connectivity index (χ4n) is 2.85. The van der Waals surface area contributed by atoms with Gasteiger partial charge in [0.05, 0.1) is 34.1 Å². The van der Waals surface area contributed by atoms with Gasteiger partial charge in [-0.2, -0.15) is 10.2 Å². The van der Waals surface area contributed by atoms with E-state index < -0.39 is 16.1 Å². The summed E-state index contributed by atoms with van der Waals surface area (Å²) >= 11 is 0. The van der Waals surface area contributed by atoms with Crippen LogP contribution in [-0.4, -0.2) is 40.6 Å². The van der Waals surface area contributed by atoms with Crippen molar-refractivity contribution in [2.45, 2.75) is 56.5 Å². The zero-order valence-corrected chi connectivity index (χ0v) is 17.6. The standard InChI is InChI=1S/C17H31N3OSi2/c1-21-15-10-8-14(9-11-15)18-13-17(23(5,6)7)12-16(19-20-17)22(2,3)4/h8-11,16,18H,12-13H2,1-7H3. The highest BCUT2D eigenvalue weighted by Crippen LogP contribution is 2.39. The van der Waals surface area contributed by atoms with E-state index >= 15 is 0 Å². The number of ether oxygens (including phenoxy) is 1. The number of hydrogen-bond donors (Lipinski definition) is 1. The Morgan fingerprint density at radius 1 is 1.13 bits per heavy atom. The summed E-state index contributed by atoms with van der Waals surface area (Å²) in [5.41, 5.74) is 1.57. The summed E-state index contributed by atoms with van der Waals surface area (Å²) in [4.78, 5) is 0. The first-order chi connectivity index (χ1) is 10.6. The molecule has 0 aliphatic carbocycles. The topological polar surface area (TPSA) is 46.0 Å². The Kier molecular flexibility index (Phi) is 5.06. The highest BCUT2D eigenvalue weighted by atomic mass is 28.3. The predicted molar refractivity (Wildman–Crippen MR) is 104 cm³/mol. The first-order valence-corrected chi connectivity index (χ1v) is 15.5. The zero-order valence-electron chi connectivity index (χ0n) is 15.6. The summed E-state index contributed by atoms with van der Waals surface area (Å²) in [6.07, 6.45) is 1.11. The van der Waals surface area contributed by atoms with Gasteiger partial charge in [-0.05, 0) is 30.7 Å². The Labute approximate surface area is 142 Å². The minimum atomic E-state index is -1.49. The number of rotatable bonds is 6. The summed E-state index contributed by atoms with van der Waals surface area (Å²) in [6, 6.07) is 8.12. The lowest BCUT2D eigenvalue weighted by molar-refractivity contribution is 0.415. The molecule has 1 heterocycles. The van der Waals surface area contributed by atoms with Gasteiger partial charge in [0.15, 0.2) is 0 Å². The highest BCUT2D eigenvalue weighted by Gasteiger charge is 2.50. The molecule has 1 aromatic rings.